The minimum Gasteiger partial charge on any atom is -1.00 e. The molecule has 0 N–H and O–H groups in total. The summed E-state index contributed by atoms with van der Waals surface area (Å²) in [5.41, 5.74) is 8.38. The van der Waals surface area contributed by atoms with Crippen molar-refractivity contribution in [2.24, 2.45) is 0 Å². The minimum absolute atomic E-state index is 0. The molecule has 0 atom stereocenters. The van der Waals surface area contributed by atoms with Gasteiger partial charge in [-0.25, -0.2) is 12.1 Å². The molecule has 3 aromatic carbocycles. The van der Waals surface area contributed by atoms with Crippen LogP contribution in [0.15, 0.2) is 60.7 Å². The fraction of sp³-hybridized carbons (Fsp3) is 0.292. The van der Waals surface area contributed by atoms with Crippen LogP contribution in [0, 0.1) is 19.9 Å². The average molecular weight is 507 g/mol. The third kappa shape index (κ3) is 8.46. The normalized spacial score (nSPS) is 9.93. The van der Waals surface area contributed by atoms with Crippen molar-refractivity contribution >= 4 is 5.43 Å². The van der Waals surface area contributed by atoms with Gasteiger partial charge < -0.3 is 24.8 Å². The molecule has 3 aromatic rings. The number of benzene rings is 2. The largest absolute Gasteiger partial charge is 1.00 e. The number of rotatable bonds is 2. The number of hydrogen-bond donors (Lipinski definition) is 0. The topological polar surface area (TPSA) is 0 Å². The average Bonchev–Trinajstić information content (AvgIpc) is 3.31. The van der Waals surface area contributed by atoms with Gasteiger partial charge in [0, 0.05) is 0 Å². The summed E-state index contributed by atoms with van der Waals surface area (Å²) in [6.07, 6.45) is 1.05. The molecule has 0 fully saturated rings. The van der Waals surface area contributed by atoms with Crippen LogP contribution >= 0.6 is 0 Å². The van der Waals surface area contributed by atoms with Crippen LogP contribution in [0.1, 0.15) is 36.1 Å². The molecule has 0 bridgehead atoms. The van der Waals surface area contributed by atoms with Crippen LogP contribution in [0.3, 0.4) is 0 Å². The molecule has 28 heavy (non-hydrogen) atoms. The van der Waals surface area contributed by atoms with Crippen LogP contribution in [-0.4, -0.2) is 5.43 Å². The van der Waals surface area contributed by atoms with Crippen molar-refractivity contribution in [1.29, 1.82) is 0 Å². The van der Waals surface area contributed by atoms with Gasteiger partial charge in [0.2, 0.25) is 0 Å². The number of hydrogen-bond acceptors (Lipinski definition) is 0. The summed E-state index contributed by atoms with van der Waals surface area (Å²) in [7, 11) is 0. The van der Waals surface area contributed by atoms with Gasteiger partial charge in [-0.1, -0.05) is 36.2 Å². The van der Waals surface area contributed by atoms with Crippen LogP contribution in [0.4, 0.5) is 0 Å². The van der Waals surface area contributed by atoms with Crippen molar-refractivity contribution in [3.8, 4) is 11.1 Å². The zero-order chi connectivity index (χ0) is 18.9. The van der Waals surface area contributed by atoms with Crippen molar-refractivity contribution in [1.82, 2.24) is 0 Å². The molecular weight excluding hydrogens is 478 g/mol. The number of aryl methyl sites for hydroxylation is 2. The monoisotopic (exact) mass is 504 g/mol. The van der Waals surface area contributed by atoms with Gasteiger partial charge in [0.25, 0.3) is 0 Å². The Hall–Kier alpha value is -0.530. The van der Waals surface area contributed by atoms with Crippen molar-refractivity contribution in [3.05, 3.63) is 89.0 Å². The first-order valence-electron chi connectivity index (χ1n) is 9.39. The van der Waals surface area contributed by atoms with E-state index in [0.29, 0.717) is 0 Å². The Morgan fingerprint density at radius 1 is 0.964 bits per heavy atom. The molecule has 0 saturated heterocycles. The molecule has 1 aliphatic carbocycles. The maximum absolute atomic E-state index is 3.45. The molecule has 148 valence electrons. The fourth-order valence-electron chi connectivity index (χ4n) is 2.94. The molecule has 0 amide bonds. The second-order valence-corrected chi connectivity index (χ2v) is 14.5. The van der Waals surface area contributed by atoms with Crippen molar-refractivity contribution in [2.45, 2.75) is 46.2 Å². The first-order chi connectivity index (χ1) is 12.5. The van der Waals surface area contributed by atoms with Crippen LogP contribution in [-0.2, 0) is 29.8 Å². The summed E-state index contributed by atoms with van der Waals surface area (Å²) in [5, 5.41) is 0. The van der Waals surface area contributed by atoms with Gasteiger partial charge in [-0.3, -0.25) is 0 Å². The summed E-state index contributed by atoms with van der Waals surface area (Å²) in [6, 6.07) is 27.5. The van der Waals surface area contributed by atoms with E-state index < -0.39 is 0 Å². The summed E-state index contributed by atoms with van der Waals surface area (Å²) in [5.74, 6) is 0. The first-order valence-corrected chi connectivity index (χ1v) is 15.0. The van der Waals surface area contributed by atoms with Gasteiger partial charge in [0.1, 0.15) is 0 Å². The van der Waals surface area contributed by atoms with E-state index in [2.05, 4.69) is 64.1 Å². The molecule has 1 aliphatic rings. The third-order valence-electron chi connectivity index (χ3n) is 4.50. The summed E-state index contributed by atoms with van der Waals surface area (Å²) < 4.78 is 0. The SMILES string of the molecule is CC[Si](=[Zr+2])CC.Cc1[c-]c2c(cc1)-c1ccc(C)cc1C2.[Cl-].[Cl-].c1cc[cH-]c1. The second-order valence-electron chi connectivity index (χ2n) is 6.64. The predicted molar refractivity (Wildman–Crippen MR) is 112 cm³/mol. The van der Waals surface area contributed by atoms with Crippen molar-refractivity contribution in [2.75, 3.05) is 0 Å². The van der Waals surface area contributed by atoms with E-state index in [9.17, 15) is 0 Å². The number of fused-ring (bicyclic) bond motifs is 3. The van der Waals surface area contributed by atoms with E-state index in [-0.39, 0.29) is 30.2 Å². The molecule has 0 radical (unpaired) electrons. The van der Waals surface area contributed by atoms with E-state index >= 15 is 0 Å². The summed E-state index contributed by atoms with van der Waals surface area (Å²) in [6.45, 7) is 8.85. The van der Waals surface area contributed by atoms with E-state index in [1.807, 2.05) is 30.3 Å². The maximum atomic E-state index is 3.45. The zero-order valence-electron chi connectivity index (χ0n) is 17.2. The Bertz CT molecular complexity index is 769. The molecule has 0 heterocycles. The molecule has 0 spiro atoms. The predicted octanol–water partition coefficient (Wildman–Crippen LogP) is 0.653. The molecule has 0 nitrogen and oxygen atoms in total. The molecular formula is C24H28Cl2SiZr-2. The number of halogens is 2. The third-order valence-corrected chi connectivity index (χ3v) is 11.4. The quantitative estimate of drug-likeness (QED) is 0.277. The van der Waals surface area contributed by atoms with Crippen molar-refractivity contribution < 1.29 is 48.1 Å². The Balaban J connectivity index is 0.000000473. The van der Waals surface area contributed by atoms with E-state index in [1.54, 1.807) is 23.3 Å². The first kappa shape index (κ1) is 27.5. The van der Waals surface area contributed by atoms with E-state index in [0.717, 1.165) is 6.42 Å². The van der Waals surface area contributed by atoms with Gasteiger partial charge in [-0.2, -0.15) is 42.0 Å². The van der Waals surface area contributed by atoms with Gasteiger partial charge in [-0.05, 0) is 18.9 Å². The zero-order valence-corrected chi connectivity index (χ0v) is 22.1. The molecule has 0 unspecified atom stereocenters. The van der Waals surface area contributed by atoms with Crippen LogP contribution < -0.4 is 24.8 Å². The second kappa shape index (κ2) is 14.5. The minimum atomic E-state index is 0. The maximum Gasteiger partial charge on any atom is -0.0253 e. The summed E-state index contributed by atoms with van der Waals surface area (Å²) in [4.78, 5) is 0. The van der Waals surface area contributed by atoms with E-state index in [1.165, 1.54) is 45.5 Å². The van der Waals surface area contributed by atoms with Gasteiger partial charge in [0.05, 0.1) is 0 Å². The Morgan fingerprint density at radius 2 is 1.57 bits per heavy atom. The Labute approximate surface area is 198 Å². The van der Waals surface area contributed by atoms with Crippen LogP contribution in [0.2, 0.25) is 12.1 Å². The van der Waals surface area contributed by atoms with Crippen molar-refractivity contribution in [3.63, 3.8) is 0 Å². The molecule has 0 saturated carbocycles. The molecule has 0 aliphatic heterocycles. The van der Waals surface area contributed by atoms with Crippen LogP contribution in [0.5, 0.6) is 0 Å². The van der Waals surface area contributed by atoms with Crippen LogP contribution in [0.25, 0.3) is 11.1 Å². The van der Waals surface area contributed by atoms with E-state index in [4.69, 9.17) is 0 Å². The molecule has 4 heteroatoms. The molecule has 0 aromatic heterocycles. The van der Waals surface area contributed by atoms with Gasteiger partial charge in [-0.15, -0.1) is 11.1 Å². The van der Waals surface area contributed by atoms with Gasteiger partial charge in [0.15, 0.2) is 0 Å². The standard InChI is InChI=1S/C15H13.C5H5.C4H10Si.2ClH.Zr/c1-10-3-5-14-12(7-10)9-13-8-11(2)4-6-15(13)14;1-2-4-5-3-1;1-3-5-4-2;;;/h3-7H,9H2,1-2H3;1-5H;3-4H2,1-2H3;2*1H;/q2*-1;;;;+2/p-2. The Morgan fingerprint density at radius 3 is 2.07 bits per heavy atom. The Kier molecular flexibility index (Phi) is 14.2. The smallest absolute Gasteiger partial charge is 0.0253 e. The summed E-state index contributed by atoms with van der Waals surface area (Å²) >= 11 is 1.80. The fourth-order valence-corrected chi connectivity index (χ4v) is 3.44. The van der Waals surface area contributed by atoms with Gasteiger partial charge >= 0.3 is 54.7 Å². The molecule has 4 rings (SSSR count).